The van der Waals surface area contributed by atoms with E-state index in [4.69, 9.17) is 0 Å². The van der Waals surface area contributed by atoms with Gasteiger partial charge in [0.25, 0.3) is 0 Å². The third kappa shape index (κ3) is 4.01. The average molecular weight is 350 g/mol. The molecule has 0 aromatic heterocycles. The van der Waals surface area contributed by atoms with Gasteiger partial charge in [0.1, 0.15) is 0 Å². The van der Waals surface area contributed by atoms with Gasteiger partial charge >= 0.3 is 0 Å². The summed E-state index contributed by atoms with van der Waals surface area (Å²) < 4.78 is 0. The van der Waals surface area contributed by atoms with Gasteiger partial charge in [0.2, 0.25) is 0 Å². The molecule has 1 N–H and O–H groups in total. The summed E-state index contributed by atoms with van der Waals surface area (Å²) in [6.07, 6.45) is 0. The third-order valence-electron chi connectivity index (χ3n) is 4.47. The number of anilines is 5. The fourth-order valence-electron chi connectivity index (χ4n) is 3.13. The normalized spacial score (nSPS) is 10.4. The van der Waals surface area contributed by atoms with Gasteiger partial charge in [-0.25, -0.2) is 0 Å². The monoisotopic (exact) mass is 350 g/mol. The van der Waals surface area contributed by atoms with Crippen LogP contribution in [0, 0.1) is 6.92 Å². The zero-order chi connectivity index (χ0) is 18.5. The van der Waals surface area contributed by atoms with Crippen LogP contribution in [-0.4, -0.2) is 0 Å². The van der Waals surface area contributed by atoms with Crippen molar-refractivity contribution in [3.05, 3.63) is 115 Å². The highest BCUT2D eigenvalue weighted by Crippen LogP contribution is 2.35. The second-order valence-corrected chi connectivity index (χ2v) is 6.55. The lowest BCUT2D eigenvalue weighted by Crippen LogP contribution is -2.09. The van der Waals surface area contributed by atoms with Crippen LogP contribution in [0.15, 0.2) is 109 Å². The van der Waals surface area contributed by atoms with Crippen LogP contribution < -0.4 is 10.2 Å². The molecular formula is C25H22N2. The molecule has 0 atom stereocenters. The van der Waals surface area contributed by atoms with Crippen molar-refractivity contribution in [1.29, 1.82) is 0 Å². The quantitative estimate of drug-likeness (QED) is 0.409. The van der Waals surface area contributed by atoms with E-state index in [1.54, 1.807) is 0 Å². The van der Waals surface area contributed by atoms with Gasteiger partial charge in [0.15, 0.2) is 0 Å². The van der Waals surface area contributed by atoms with Crippen molar-refractivity contribution in [2.45, 2.75) is 6.92 Å². The first kappa shape index (κ1) is 16.9. The number of rotatable bonds is 5. The molecule has 2 nitrogen and oxygen atoms in total. The van der Waals surface area contributed by atoms with E-state index in [1.807, 2.05) is 12.1 Å². The molecular weight excluding hydrogens is 328 g/mol. The molecule has 0 saturated heterocycles. The summed E-state index contributed by atoms with van der Waals surface area (Å²) in [4.78, 5) is 2.26. The van der Waals surface area contributed by atoms with Crippen LogP contribution >= 0.6 is 0 Å². The van der Waals surface area contributed by atoms with Crippen molar-refractivity contribution in [1.82, 2.24) is 0 Å². The van der Waals surface area contributed by atoms with Crippen LogP contribution in [0.2, 0.25) is 0 Å². The largest absolute Gasteiger partial charge is 0.355 e. The zero-order valence-corrected chi connectivity index (χ0v) is 15.3. The number of hydrogen-bond acceptors (Lipinski definition) is 2. The van der Waals surface area contributed by atoms with Crippen molar-refractivity contribution in [2.24, 2.45) is 0 Å². The summed E-state index contributed by atoms with van der Waals surface area (Å²) in [6.45, 7) is 2.10. The second-order valence-electron chi connectivity index (χ2n) is 6.55. The molecule has 0 aliphatic carbocycles. The van der Waals surface area contributed by atoms with E-state index in [0.29, 0.717) is 0 Å². The maximum absolute atomic E-state index is 3.50. The summed E-state index contributed by atoms with van der Waals surface area (Å²) in [5, 5.41) is 3.50. The summed E-state index contributed by atoms with van der Waals surface area (Å²) in [5.41, 5.74) is 6.79. The SMILES string of the molecule is Cc1ccc(Nc2cccc(N(c3ccccc3)c3ccccc3)c2)cc1. The van der Waals surface area contributed by atoms with E-state index < -0.39 is 0 Å². The lowest BCUT2D eigenvalue weighted by atomic mass is 10.1. The van der Waals surface area contributed by atoms with Gasteiger partial charge in [-0.05, 0) is 61.5 Å². The Labute approximate surface area is 160 Å². The minimum atomic E-state index is 1.06. The molecule has 0 bridgehead atoms. The van der Waals surface area contributed by atoms with Gasteiger partial charge in [-0.1, -0.05) is 60.2 Å². The van der Waals surface area contributed by atoms with E-state index in [0.717, 1.165) is 28.4 Å². The Bertz CT molecular complexity index is 954. The summed E-state index contributed by atoms with van der Waals surface area (Å²) >= 11 is 0. The minimum absolute atomic E-state index is 1.06. The average Bonchev–Trinajstić information content (AvgIpc) is 2.72. The molecule has 132 valence electrons. The molecule has 0 amide bonds. The van der Waals surface area contributed by atoms with E-state index in [-0.39, 0.29) is 0 Å². The summed E-state index contributed by atoms with van der Waals surface area (Å²) in [6, 6.07) is 37.8. The second kappa shape index (κ2) is 7.79. The van der Waals surface area contributed by atoms with E-state index in [1.165, 1.54) is 5.56 Å². The molecule has 27 heavy (non-hydrogen) atoms. The number of benzene rings is 4. The Morgan fingerprint density at radius 1 is 0.519 bits per heavy atom. The van der Waals surface area contributed by atoms with Crippen LogP contribution in [-0.2, 0) is 0 Å². The predicted molar refractivity (Wildman–Crippen MR) is 116 cm³/mol. The minimum Gasteiger partial charge on any atom is -0.355 e. The number of nitrogens with one attached hydrogen (secondary N) is 1. The standard InChI is InChI=1S/C25H22N2/c1-20-15-17-21(18-16-20)26-22-9-8-14-25(19-22)27(23-10-4-2-5-11-23)24-12-6-3-7-13-24/h2-19,26H,1H3. The Kier molecular flexibility index (Phi) is 4.88. The van der Waals surface area contributed by atoms with Gasteiger partial charge in [0, 0.05) is 28.4 Å². The van der Waals surface area contributed by atoms with Crippen molar-refractivity contribution in [2.75, 3.05) is 10.2 Å². The molecule has 0 aliphatic heterocycles. The summed E-state index contributed by atoms with van der Waals surface area (Å²) in [7, 11) is 0. The van der Waals surface area contributed by atoms with E-state index >= 15 is 0 Å². The van der Waals surface area contributed by atoms with Crippen LogP contribution in [0.5, 0.6) is 0 Å². The lowest BCUT2D eigenvalue weighted by Gasteiger charge is -2.26. The van der Waals surface area contributed by atoms with Crippen molar-refractivity contribution in [3.8, 4) is 0 Å². The topological polar surface area (TPSA) is 15.3 Å². The molecule has 0 aliphatic rings. The van der Waals surface area contributed by atoms with Crippen molar-refractivity contribution >= 4 is 28.4 Å². The summed E-state index contributed by atoms with van der Waals surface area (Å²) in [5.74, 6) is 0. The highest BCUT2D eigenvalue weighted by atomic mass is 15.1. The Hall–Kier alpha value is -3.52. The first-order valence-corrected chi connectivity index (χ1v) is 9.13. The highest BCUT2D eigenvalue weighted by Gasteiger charge is 2.12. The molecule has 0 spiro atoms. The first-order chi connectivity index (χ1) is 13.3. The number of para-hydroxylation sites is 2. The molecule has 0 heterocycles. The van der Waals surface area contributed by atoms with Crippen LogP contribution in [0.25, 0.3) is 0 Å². The Balaban J connectivity index is 1.71. The van der Waals surface area contributed by atoms with Crippen LogP contribution in [0.4, 0.5) is 28.4 Å². The van der Waals surface area contributed by atoms with E-state index in [2.05, 4.69) is 114 Å². The van der Waals surface area contributed by atoms with Gasteiger partial charge in [-0.15, -0.1) is 0 Å². The smallest absolute Gasteiger partial charge is 0.0482 e. The fraction of sp³-hybridized carbons (Fsp3) is 0.0400. The van der Waals surface area contributed by atoms with Crippen molar-refractivity contribution in [3.63, 3.8) is 0 Å². The molecule has 0 fully saturated rings. The number of nitrogens with zero attached hydrogens (tertiary/aromatic N) is 1. The van der Waals surface area contributed by atoms with Gasteiger partial charge in [-0.3, -0.25) is 0 Å². The number of hydrogen-bond donors (Lipinski definition) is 1. The highest BCUT2D eigenvalue weighted by molar-refractivity contribution is 5.78. The van der Waals surface area contributed by atoms with Crippen LogP contribution in [0.3, 0.4) is 0 Å². The maximum atomic E-state index is 3.50. The van der Waals surface area contributed by atoms with Crippen LogP contribution in [0.1, 0.15) is 5.56 Å². The third-order valence-corrected chi connectivity index (χ3v) is 4.47. The Morgan fingerprint density at radius 3 is 1.67 bits per heavy atom. The molecule has 4 rings (SSSR count). The maximum Gasteiger partial charge on any atom is 0.0482 e. The van der Waals surface area contributed by atoms with Gasteiger partial charge < -0.3 is 10.2 Å². The van der Waals surface area contributed by atoms with Gasteiger partial charge in [-0.2, -0.15) is 0 Å². The number of aryl methyl sites for hydroxylation is 1. The molecule has 4 aromatic rings. The van der Waals surface area contributed by atoms with Gasteiger partial charge in [0.05, 0.1) is 0 Å². The zero-order valence-electron chi connectivity index (χ0n) is 15.3. The molecule has 2 heteroatoms. The first-order valence-electron chi connectivity index (χ1n) is 9.13. The Morgan fingerprint density at radius 2 is 1.07 bits per heavy atom. The molecule has 0 radical (unpaired) electrons. The molecule has 0 unspecified atom stereocenters. The predicted octanol–water partition coefficient (Wildman–Crippen LogP) is 7.21. The fourth-order valence-corrected chi connectivity index (χ4v) is 3.13. The van der Waals surface area contributed by atoms with Crippen molar-refractivity contribution < 1.29 is 0 Å². The molecule has 0 saturated carbocycles. The molecule has 4 aromatic carbocycles. The lowest BCUT2D eigenvalue weighted by molar-refractivity contribution is 1.28. The van der Waals surface area contributed by atoms with E-state index in [9.17, 15) is 0 Å².